The molecule has 2 unspecified atom stereocenters. The molecule has 2 nitrogen and oxygen atoms in total. The van der Waals surface area contributed by atoms with Gasteiger partial charge in [0.15, 0.2) is 0 Å². The Labute approximate surface area is 82.7 Å². The lowest BCUT2D eigenvalue weighted by Gasteiger charge is -2.36. The van der Waals surface area contributed by atoms with Crippen LogP contribution in [0.3, 0.4) is 0 Å². The fourth-order valence-corrected chi connectivity index (χ4v) is 2.27. The molecule has 1 N–H and O–H groups in total. The third kappa shape index (κ3) is 3.28. The van der Waals surface area contributed by atoms with Crippen LogP contribution in [0.25, 0.3) is 0 Å². The fourth-order valence-electron chi connectivity index (χ4n) is 2.27. The first-order valence-corrected chi connectivity index (χ1v) is 5.69. The summed E-state index contributed by atoms with van der Waals surface area (Å²) in [5, 5.41) is 3.33. The quantitative estimate of drug-likeness (QED) is 0.717. The molecule has 1 aliphatic rings. The van der Waals surface area contributed by atoms with Gasteiger partial charge in [0.25, 0.3) is 0 Å². The molecular formula is C11H24N2. The van der Waals surface area contributed by atoms with Crippen LogP contribution in [0.2, 0.25) is 0 Å². The first-order chi connectivity index (χ1) is 6.27. The number of rotatable bonds is 4. The van der Waals surface area contributed by atoms with E-state index in [1.807, 2.05) is 0 Å². The smallest absolute Gasteiger partial charge is 0.0110 e. The average molecular weight is 184 g/mol. The minimum atomic E-state index is 0.664. The Kier molecular flexibility index (Phi) is 4.74. The van der Waals surface area contributed by atoms with Crippen LogP contribution in [-0.4, -0.2) is 37.1 Å². The average Bonchev–Trinajstić information content (AvgIpc) is 2.18. The standard InChI is InChI=1S/C11H24N2/c1-4-13-8-6-5-7-11(13)9-10(2)12-3/h10-12H,4-9H2,1-3H3. The lowest BCUT2D eigenvalue weighted by molar-refractivity contribution is 0.140. The van der Waals surface area contributed by atoms with E-state index >= 15 is 0 Å². The van der Waals surface area contributed by atoms with E-state index in [-0.39, 0.29) is 0 Å². The van der Waals surface area contributed by atoms with E-state index in [0.717, 1.165) is 6.04 Å². The normalized spacial score (nSPS) is 27.5. The first-order valence-electron chi connectivity index (χ1n) is 5.69. The maximum atomic E-state index is 3.33. The Morgan fingerprint density at radius 1 is 1.46 bits per heavy atom. The molecule has 2 atom stereocenters. The second-order valence-corrected chi connectivity index (χ2v) is 4.20. The van der Waals surface area contributed by atoms with Crippen LogP contribution in [0.1, 0.15) is 39.5 Å². The number of nitrogens with one attached hydrogen (secondary N) is 1. The highest BCUT2D eigenvalue weighted by Crippen LogP contribution is 2.20. The predicted octanol–water partition coefficient (Wildman–Crippen LogP) is 1.86. The molecule has 0 saturated carbocycles. The van der Waals surface area contributed by atoms with Crippen molar-refractivity contribution in [3.63, 3.8) is 0 Å². The summed E-state index contributed by atoms with van der Waals surface area (Å²) in [4.78, 5) is 2.64. The van der Waals surface area contributed by atoms with Crippen molar-refractivity contribution in [2.24, 2.45) is 0 Å². The Hall–Kier alpha value is -0.0800. The van der Waals surface area contributed by atoms with Gasteiger partial charge in [0.05, 0.1) is 0 Å². The van der Waals surface area contributed by atoms with E-state index < -0.39 is 0 Å². The molecule has 1 aliphatic heterocycles. The number of hydrogen-bond donors (Lipinski definition) is 1. The number of likely N-dealkylation sites (tertiary alicyclic amines) is 1. The highest BCUT2D eigenvalue weighted by molar-refractivity contribution is 4.79. The largest absolute Gasteiger partial charge is 0.317 e. The zero-order valence-electron chi connectivity index (χ0n) is 9.34. The molecule has 1 rings (SSSR count). The molecule has 0 aromatic rings. The second-order valence-electron chi connectivity index (χ2n) is 4.20. The second kappa shape index (κ2) is 5.61. The van der Waals surface area contributed by atoms with Crippen LogP contribution >= 0.6 is 0 Å². The summed E-state index contributed by atoms with van der Waals surface area (Å²) in [5.41, 5.74) is 0. The molecule has 0 aliphatic carbocycles. The van der Waals surface area contributed by atoms with E-state index in [0.29, 0.717) is 6.04 Å². The van der Waals surface area contributed by atoms with E-state index in [1.165, 1.54) is 38.8 Å². The lowest BCUT2D eigenvalue weighted by Crippen LogP contribution is -2.42. The molecule has 1 fully saturated rings. The summed E-state index contributed by atoms with van der Waals surface area (Å²) in [7, 11) is 2.06. The number of hydrogen-bond acceptors (Lipinski definition) is 2. The summed E-state index contributed by atoms with van der Waals surface area (Å²) in [6.07, 6.45) is 5.54. The van der Waals surface area contributed by atoms with Gasteiger partial charge in [0, 0.05) is 12.1 Å². The highest BCUT2D eigenvalue weighted by Gasteiger charge is 2.21. The van der Waals surface area contributed by atoms with E-state index in [1.54, 1.807) is 0 Å². The van der Waals surface area contributed by atoms with Gasteiger partial charge in [0.2, 0.25) is 0 Å². The topological polar surface area (TPSA) is 15.3 Å². The van der Waals surface area contributed by atoms with Gasteiger partial charge in [0.1, 0.15) is 0 Å². The van der Waals surface area contributed by atoms with Gasteiger partial charge < -0.3 is 10.2 Å². The third-order valence-electron chi connectivity index (χ3n) is 3.27. The Bertz CT molecular complexity index is 136. The Morgan fingerprint density at radius 2 is 2.23 bits per heavy atom. The molecule has 1 heterocycles. The van der Waals surface area contributed by atoms with Gasteiger partial charge in [-0.3, -0.25) is 0 Å². The molecular weight excluding hydrogens is 160 g/mol. The lowest BCUT2D eigenvalue weighted by atomic mass is 9.96. The minimum Gasteiger partial charge on any atom is -0.317 e. The summed E-state index contributed by atoms with van der Waals surface area (Å²) >= 11 is 0. The molecule has 0 radical (unpaired) electrons. The zero-order valence-corrected chi connectivity index (χ0v) is 9.34. The van der Waals surface area contributed by atoms with Gasteiger partial charge in [-0.15, -0.1) is 0 Å². The molecule has 0 aromatic heterocycles. The van der Waals surface area contributed by atoms with Crippen molar-refractivity contribution < 1.29 is 0 Å². The van der Waals surface area contributed by atoms with Gasteiger partial charge in [-0.2, -0.15) is 0 Å². The van der Waals surface area contributed by atoms with Crippen molar-refractivity contribution in [2.45, 2.75) is 51.6 Å². The van der Waals surface area contributed by atoms with Crippen LogP contribution in [0, 0.1) is 0 Å². The predicted molar refractivity (Wildman–Crippen MR) is 58.0 cm³/mol. The minimum absolute atomic E-state index is 0.664. The molecule has 78 valence electrons. The maximum absolute atomic E-state index is 3.33. The van der Waals surface area contributed by atoms with Crippen molar-refractivity contribution in [3.8, 4) is 0 Å². The summed E-state index contributed by atoms with van der Waals surface area (Å²) in [6.45, 7) is 7.10. The molecule has 0 bridgehead atoms. The van der Waals surface area contributed by atoms with Crippen LogP contribution < -0.4 is 5.32 Å². The molecule has 0 aromatic carbocycles. The van der Waals surface area contributed by atoms with Crippen molar-refractivity contribution in [1.82, 2.24) is 10.2 Å². The molecule has 2 heteroatoms. The van der Waals surface area contributed by atoms with Crippen molar-refractivity contribution in [1.29, 1.82) is 0 Å². The molecule has 0 spiro atoms. The van der Waals surface area contributed by atoms with E-state index in [9.17, 15) is 0 Å². The van der Waals surface area contributed by atoms with E-state index in [2.05, 4.69) is 31.1 Å². The van der Waals surface area contributed by atoms with Gasteiger partial charge in [-0.1, -0.05) is 13.3 Å². The Balaban J connectivity index is 2.35. The van der Waals surface area contributed by atoms with Gasteiger partial charge >= 0.3 is 0 Å². The van der Waals surface area contributed by atoms with Crippen LogP contribution in [0.5, 0.6) is 0 Å². The van der Waals surface area contributed by atoms with Crippen molar-refractivity contribution in [3.05, 3.63) is 0 Å². The van der Waals surface area contributed by atoms with Crippen LogP contribution in [0.15, 0.2) is 0 Å². The monoisotopic (exact) mass is 184 g/mol. The maximum Gasteiger partial charge on any atom is 0.0110 e. The van der Waals surface area contributed by atoms with Crippen LogP contribution in [-0.2, 0) is 0 Å². The third-order valence-corrected chi connectivity index (χ3v) is 3.27. The summed E-state index contributed by atoms with van der Waals surface area (Å²) in [5.74, 6) is 0. The zero-order chi connectivity index (χ0) is 9.68. The van der Waals surface area contributed by atoms with E-state index in [4.69, 9.17) is 0 Å². The summed E-state index contributed by atoms with van der Waals surface area (Å²) in [6, 6.07) is 1.50. The fraction of sp³-hybridized carbons (Fsp3) is 1.00. The van der Waals surface area contributed by atoms with Gasteiger partial charge in [-0.25, -0.2) is 0 Å². The summed E-state index contributed by atoms with van der Waals surface area (Å²) < 4.78 is 0. The number of nitrogens with zero attached hydrogens (tertiary/aromatic N) is 1. The van der Waals surface area contributed by atoms with Gasteiger partial charge in [-0.05, 0) is 46.3 Å². The molecule has 1 saturated heterocycles. The van der Waals surface area contributed by atoms with Crippen molar-refractivity contribution in [2.75, 3.05) is 20.1 Å². The first kappa shape index (κ1) is 11.0. The number of piperidine rings is 1. The highest BCUT2D eigenvalue weighted by atomic mass is 15.2. The van der Waals surface area contributed by atoms with Crippen LogP contribution in [0.4, 0.5) is 0 Å². The van der Waals surface area contributed by atoms with Crippen molar-refractivity contribution >= 4 is 0 Å². The molecule has 0 amide bonds. The SMILES string of the molecule is CCN1CCCCC1CC(C)NC. The Morgan fingerprint density at radius 3 is 2.85 bits per heavy atom. The molecule has 13 heavy (non-hydrogen) atoms.